The molecule has 1 amide bonds. The standard InChI is InChI=1S/C25H22N6O2S/c1-15-22(31-13-5-8-20(33-2)23(31)28-15)21-14-27-25(34-21)29-17-11-9-16(10-12-17)24(32)30-19-7-4-3-6-18(19)26/h3-14H,26H2,1-2H3,(H,27,29)(H,30,32). The number of para-hydroxylation sites is 2. The SMILES string of the molecule is COc1cccn2c(-c3cnc(Nc4ccc(C(=O)Nc5ccccc5N)cc4)s3)c(C)nc12. The molecule has 2 aromatic carbocycles. The maximum Gasteiger partial charge on any atom is 0.255 e. The Morgan fingerprint density at radius 3 is 2.65 bits per heavy atom. The van der Waals surface area contributed by atoms with Gasteiger partial charge in [-0.2, -0.15) is 0 Å². The van der Waals surface area contributed by atoms with Crippen molar-refractivity contribution in [3.63, 3.8) is 0 Å². The van der Waals surface area contributed by atoms with Crippen LogP contribution in [0.2, 0.25) is 0 Å². The van der Waals surface area contributed by atoms with E-state index in [4.69, 9.17) is 10.5 Å². The van der Waals surface area contributed by atoms with Crippen LogP contribution in [0.5, 0.6) is 5.75 Å². The summed E-state index contributed by atoms with van der Waals surface area (Å²) >= 11 is 1.52. The number of hydrogen-bond acceptors (Lipinski definition) is 7. The molecule has 0 fully saturated rings. The molecule has 0 radical (unpaired) electrons. The Balaban J connectivity index is 1.33. The Hall–Kier alpha value is -4.37. The highest BCUT2D eigenvalue weighted by atomic mass is 32.1. The lowest BCUT2D eigenvalue weighted by Gasteiger charge is -2.08. The third-order valence-corrected chi connectivity index (χ3v) is 6.27. The second-order valence-electron chi connectivity index (χ2n) is 7.59. The van der Waals surface area contributed by atoms with Crippen molar-refractivity contribution < 1.29 is 9.53 Å². The van der Waals surface area contributed by atoms with Crippen LogP contribution in [0, 0.1) is 6.92 Å². The average molecular weight is 471 g/mol. The van der Waals surface area contributed by atoms with Gasteiger partial charge in [0.15, 0.2) is 16.5 Å². The first-order valence-corrected chi connectivity index (χ1v) is 11.4. The molecule has 5 aromatic rings. The van der Waals surface area contributed by atoms with Gasteiger partial charge in [-0.15, -0.1) is 0 Å². The van der Waals surface area contributed by atoms with Crippen molar-refractivity contribution in [1.82, 2.24) is 14.4 Å². The summed E-state index contributed by atoms with van der Waals surface area (Å²) in [6, 6.07) is 18.2. The number of benzene rings is 2. The maximum absolute atomic E-state index is 12.5. The highest BCUT2D eigenvalue weighted by molar-refractivity contribution is 7.18. The van der Waals surface area contributed by atoms with Gasteiger partial charge in [-0.25, -0.2) is 9.97 Å². The van der Waals surface area contributed by atoms with Crippen LogP contribution in [0.4, 0.5) is 22.2 Å². The number of methoxy groups -OCH3 is 1. The summed E-state index contributed by atoms with van der Waals surface area (Å²) in [7, 11) is 1.64. The fourth-order valence-electron chi connectivity index (χ4n) is 3.69. The number of anilines is 4. The molecule has 0 aliphatic carbocycles. The Labute approximate surface area is 200 Å². The molecule has 0 unspecified atom stereocenters. The van der Waals surface area contributed by atoms with Crippen molar-refractivity contribution in [2.24, 2.45) is 0 Å². The van der Waals surface area contributed by atoms with Crippen LogP contribution in [-0.4, -0.2) is 27.4 Å². The van der Waals surface area contributed by atoms with Crippen molar-refractivity contribution >= 4 is 45.1 Å². The number of ether oxygens (including phenoxy) is 1. The zero-order valence-corrected chi connectivity index (χ0v) is 19.4. The zero-order chi connectivity index (χ0) is 23.7. The minimum absolute atomic E-state index is 0.223. The van der Waals surface area contributed by atoms with Crippen LogP contribution in [0.15, 0.2) is 73.1 Å². The lowest BCUT2D eigenvalue weighted by molar-refractivity contribution is 0.102. The molecule has 3 heterocycles. The van der Waals surface area contributed by atoms with E-state index in [1.807, 2.05) is 60.1 Å². The van der Waals surface area contributed by atoms with Gasteiger partial charge < -0.3 is 21.1 Å². The number of aryl methyl sites for hydroxylation is 1. The molecule has 170 valence electrons. The Morgan fingerprint density at radius 1 is 1.09 bits per heavy atom. The summed E-state index contributed by atoms with van der Waals surface area (Å²) in [6.07, 6.45) is 3.79. The van der Waals surface area contributed by atoms with E-state index in [1.54, 1.807) is 31.4 Å². The van der Waals surface area contributed by atoms with Crippen molar-refractivity contribution in [2.45, 2.75) is 6.92 Å². The fraction of sp³-hybridized carbons (Fsp3) is 0.0800. The van der Waals surface area contributed by atoms with Crippen LogP contribution in [0.3, 0.4) is 0 Å². The fourth-order valence-corrected chi connectivity index (χ4v) is 4.62. The zero-order valence-electron chi connectivity index (χ0n) is 18.6. The van der Waals surface area contributed by atoms with E-state index in [0.717, 1.165) is 38.5 Å². The van der Waals surface area contributed by atoms with E-state index in [-0.39, 0.29) is 5.91 Å². The van der Waals surface area contributed by atoms with Gasteiger partial charge in [0.2, 0.25) is 0 Å². The minimum atomic E-state index is -0.223. The number of hydrogen-bond donors (Lipinski definition) is 3. The molecule has 0 saturated heterocycles. The number of pyridine rings is 1. The molecule has 0 spiro atoms. The molecule has 0 saturated carbocycles. The smallest absolute Gasteiger partial charge is 0.255 e. The molecule has 0 atom stereocenters. The number of aromatic nitrogens is 3. The third-order valence-electron chi connectivity index (χ3n) is 5.35. The second kappa shape index (κ2) is 8.87. The lowest BCUT2D eigenvalue weighted by atomic mass is 10.2. The quantitative estimate of drug-likeness (QED) is 0.289. The first-order valence-electron chi connectivity index (χ1n) is 10.5. The predicted molar refractivity (Wildman–Crippen MR) is 136 cm³/mol. The monoisotopic (exact) mass is 470 g/mol. The minimum Gasteiger partial charge on any atom is -0.493 e. The van der Waals surface area contributed by atoms with Crippen LogP contribution < -0.4 is 21.1 Å². The lowest BCUT2D eigenvalue weighted by Crippen LogP contribution is -2.13. The van der Waals surface area contributed by atoms with Crippen LogP contribution in [0.25, 0.3) is 16.2 Å². The second-order valence-corrected chi connectivity index (χ2v) is 8.62. The van der Waals surface area contributed by atoms with Crippen LogP contribution in [-0.2, 0) is 0 Å². The molecule has 9 heteroatoms. The number of rotatable bonds is 6. The Kier molecular flexibility index (Phi) is 5.60. The maximum atomic E-state index is 12.5. The normalized spacial score (nSPS) is 10.9. The van der Waals surface area contributed by atoms with Crippen molar-refractivity contribution in [2.75, 3.05) is 23.5 Å². The number of carbonyl (C=O) groups excluding carboxylic acids is 1. The van der Waals surface area contributed by atoms with Gasteiger partial charge in [-0.3, -0.25) is 9.20 Å². The first kappa shape index (κ1) is 21.5. The van der Waals surface area contributed by atoms with Gasteiger partial charge in [0, 0.05) is 23.6 Å². The van der Waals surface area contributed by atoms with Crippen LogP contribution in [0.1, 0.15) is 16.1 Å². The van der Waals surface area contributed by atoms with Crippen molar-refractivity contribution in [1.29, 1.82) is 0 Å². The number of imidazole rings is 1. The molecule has 8 nitrogen and oxygen atoms in total. The van der Waals surface area contributed by atoms with E-state index < -0.39 is 0 Å². The highest BCUT2D eigenvalue weighted by Crippen LogP contribution is 2.35. The van der Waals surface area contributed by atoms with Crippen molar-refractivity contribution in [3.05, 3.63) is 84.3 Å². The average Bonchev–Trinajstić information content (AvgIpc) is 3.43. The van der Waals surface area contributed by atoms with Gasteiger partial charge in [0.25, 0.3) is 5.91 Å². The summed E-state index contributed by atoms with van der Waals surface area (Å²) in [5.74, 6) is 0.498. The molecule has 0 bridgehead atoms. The molecule has 4 N–H and O–H groups in total. The number of nitrogens with zero attached hydrogens (tertiary/aromatic N) is 3. The summed E-state index contributed by atoms with van der Waals surface area (Å²) in [5, 5.41) is 6.87. The van der Waals surface area contributed by atoms with Gasteiger partial charge >= 0.3 is 0 Å². The number of thiazole rings is 1. The Bertz CT molecular complexity index is 1490. The van der Waals surface area contributed by atoms with E-state index in [0.29, 0.717) is 16.9 Å². The molecule has 34 heavy (non-hydrogen) atoms. The predicted octanol–water partition coefficient (Wildman–Crippen LogP) is 5.35. The van der Waals surface area contributed by atoms with Gasteiger partial charge in [-0.1, -0.05) is 23.5 Å². The summed E-state index contributed by atoms with van der Waals surface area (Å²) in [5.41, 5.74) is 11.0. The number of nitrogens with one attached hydrogen (secondary N) is 2. The first-order chi connectivity index (χ1) is 16.5. The Morgan fingerprint density at radius 2 is 1.88 bits per heavy atom. The van der Waals surface area contributed by atoms with E-state index >= 15 is 0 Å². The molecule has 5 rings (SSSR count). The van der Waals surface area contributed by atoms with E-state index in [9.17, 15) is 4.79 Å². The largest absolute Gasteiger partial charge is 0.493 e. The molecular formula is C25H22N6O2S. The van der Waals surface area contributed by atoms with Crippen molar-refractivity contribution in [3.8, 4) is 16.3 Å². The van der Waals surface area contributed by atoms with E-state index in [2.05, 4.69) is 20.6 Å². The molecule has 3 aromatic heterocycles. The van der Waals surface area contributed by atoms with Gasteiger partial charge in [0.1, 0.15) is 0 Å². The molecule has 0 aliphatic heterocycles. The summed E-state index contributed by atoms with van der Waals surface area (Å²) in [6.45, 7) is 1.97. The molecular weight excluding hydrogens is 448 g/mol. The number of carbonyl (C=O) groups is 1. The highest BCUT2D eigenvalue weighted by Gasteiger charge is 2.16. The number of amides is 1. The summed E-state index contributed by atoms with van der Waals surface area (Å²) in [4.78, 5) is 22.7. The summed E-state index contributed by atoms with van der Waals surface area (Å²) < 4.78 is 7.45. The van der Waals surface area contributed by atoms with Gasteiger partial charge in [0.05, 0.1) is 34.7 Å². The topological polar surface area (TPSA) is 107 Å². The van der Waals surface area contributed by atoms with Gasteiger partial charge in [-0.05, 0) is 55.5 Å². The number of fused-ring (bicyclic) bond motifs is 1. The third kappa shape index (κ3) is 4.04. The van der Waals surface area contributed by atoms with Crippen LogP contribution >= 0.6 is 11.3 Å². The number of nitrogen functional groups attached to an aromatic ring is 1. The number of nitrogens with two attached hydrogens (primary N) is 1. The van der Waals surface area contributed by atoms with E-state index in [1.165, 1.54) is 11.3 Å². The molecule has 0 aliphatic rings.